The lowest BCUT2D eigenvalue weighted by molar-refractivity contribution is 1.32. The minimum atomic E-state index is -0.00329. The molecule has 0 aliphatic rings. The van der Waals surface area contributed by atoms with Crippen molar-refractivity contribution in [3.05, 3.63) is 243 Å². The molecule has 0 aliphatic carbocycles. The standard InChI is InChI=1S/C60H40BN/c1-4-15-41(16-5-1)43-27-33-47(34-28-43)61(48-35-29-44(30-36-48)42-17-6-2-7-18-42)55-39-38-53-51-24-12-13-25-52(51)60-57(40-32-46-31-37-54(55)59(53)58(46)60)62(49-21-8-3-9-22-49)56-26-14-20-45-19-10-11-23-50(45)56/h1-40H. The Hall–Kier alpha value is -7.94. The molecule has 0 atom stereocenters. The molecule has 62 heavy (non-hydrogen) atoms. The van der Waals surface area contributed by atoms with Crippen LogP contribution in [-0.4, -0.2) is 6.71 Å². The zero-order valence-corrected chi connectivity index (χ0v) is 34.1. The van der Waals surface area contributed by atoms with Crippen molar-refractivity contribution in [1.29, 1.82) is 0 Å². The quantitative estimate of drug-likeness (QED) is 0.0843. The maximum absolute atomic E-state index is 2.48. The summed E-state index contributed by atoms with van der Waals surface area (Å²) in [5.41, 5.74) is 12.2. The topological polar surface area (TPSA) is 3.24 Å². The third-order valence-electron chi connectivity index (χ3n) is 12.9. The van der Waals surface area contributed by atoms with E-state index < -0.39 is 0 Å². The molecular weight excluding hydrogens is 745 g/mol. The summed E-state index contributed by atoms with van der Waals surface area (Å²) < 4.78 is 0. The fraction of sp³-hybridized carbons (Fsp3) is 0. The molecule has 0 N–H and O–H groups in total. The van der Waals surface area contributed by atoms with Crippen molar-refractivity contribution in [2.24, 2.45) is 0 Å². The smallest absolute Gasteiger partial charge is 0.241 e. The molecule has 0 spiro atoms. The Bertz CT molecular complexity index is 3460. The van der Waals surface area contributed by atoms with Gasteiger partial charge in [0.25, 0.3) is 0 Å². The van der Waals surface area contributed by atoms with Crippen molar-refractivity contribution >= 4 is 94.0 Å². The Balaban J connectivity index is 1.13. The van der Waals surface area contributed by atoms with Crippen LogP contribution in [0.25, 0.3) is 76.1 Å². The van der Waals surface area contributed by atoms with Gasteiger partial charge in [0, 0.05) is 21.8 Å². The fourth-order valence-electron chi connectivity index (χ4n) is 10.1. The molecule has 0 fully saturated rings. The van der Waals surface area contributed by atoms with Crippen molar-refractivity contribution in [3.8, 4) is 22.3 Å². The molecule has 0 saturated carbocycles. The summed E-state index contributed by atoms with van der Waals surface area (Å²) in [6.07, 6.45) is 0. The van der Waals surface area contributed by atoms with Crippen LogP contribution in [-0.2, 0) is 0 Å². The van der Waals surface area contributed by atoms with Crippen molar-refractivity contribution < 1.29 is 0 Å². The Morgan fingerprint density at radius 3 is 1.42 bits per heavy atom. The third kappa shape index (κ3) is 5.95. The van der Waals surface area contributed by atoms with Crippen LogP contribution in [0.2, 0.25) is 0 Å². The molecule has 2 heteroatoms. The molecular formula is C60H40BN. The van der Waals surface area contributed by atoms with Crippen LogP contribution in [0.4, 0.5) is 17.1 Å². The molecule has 12 aromatic carbocycles. The second-order valence-electron chi connectivity index (χ2n) is 16.4. The van der Waals surface area contributed by atoms with Crippen molar-refractivity contribution in [3.63, 3.8) is 0 Å². The van der Waals surface area contributed by atoms with Gasteiger partial charge in [-0.1, -0.05) is 235 Å². The van der Waals surface area contributed by atoms with E-state index in [0.29, 0.717) is 0 Å². The first-order valence-electron chi connectivity index (χ1n) is 21.5. The van der Waals surface area contributed by atoms with Crippen LogP contribution in [0.1, 0.15) is 0 Å². The highest BCUT2D eigenvalue weighted by atomic mass is 15.1. The van der Waals surface area contributed by atoms with Gasteiger partial charge >= 0.3 is 0 Å². The first kappa shape index (κ1) is 36.0. The van der Waals surface area contributed by atoms with Gasteiger partial charge in [-0.25, -0.2) is 0 Å². The monoisotopic (exact) mass is 785 g/mol. The number of benzene rings is 12. The molecule has 12 aromatic rings. The van der Waals surface area contributed by atoms with Gasteiger partial charge in [-0.15, -0.1) is 0 Å². The summed E-state index contributed by atoms with van der Waals surface area (Å²) in [4.78, 5) is 2.48. The number of hydrogen-bond donors (Lipinski definition) is 0. The van der Waals surface area contributed by atoms with Crippen molar-refractivity contribution in [1.82, 2.24) is 0 Å². The summed E-state index contributed by atoms with van der Waals surface area (Å²) >= 11 is 0. The molecule has 0 saturated heterocycles. The molecule has 12 rings (SSSR count). The van der Waals surface area contributed by atoms with E-state index >= 15 is 0 Å². The van der Waals surface area contributed by atoms with Crippen LogP contribution < -0.4 is 21.3 Å². The summed E-state index contributed by atoms with van der Waals surface area (Å²) in [7, 11) is 0. The second-order valence-corrected chi connectivity index (χ2v) is 16.4. The Morgan fingerprint density at radius 2 is 0.758 bits per heavy atom. The zero-order chi connectivity index (χ0) is 41.0. The molecule has 0 aromatic heterocycles. The maximum Gasteiger partial charge on any atom is 0.241 e. The highest BCUT2D eigenvalue weighted by Crippen LogP contribution is 2.48. The van der Waals surface area contributed by atoms with Gasteiger partial charge < -0.3 is 4.90 Å². The minimum absolute atomic E-state index is 0.00329. The summed E-state index contributed by atoms with van der Waals surface area (Å²) in [5, 5.41) is 12.6. The van der Waals surface area contributed by atoms with Gasteiger partial charge in [0.1, 0.15) is 0 Å². The van der Waals surface area contributed by atoms with Crippen molar-refractivity contribution in [2.45, 2.75) is 0 Å². The lowest BCUT2D eigenvalue weighted by Gasteiger charge is -2.30. The lowest BCUT2D eigenvalue weighted by Crippen LogP contribution is -2.52. The SMILES string of the molecule is c1ccc(-c2ccc(B(c3ccc(-c4ccccc4)cc3)c3ccc4c5ccccc5c5c(N(c6ccccc6)c6cccc7ccccc67)ccc6ccc3c4c65)cc2)cc1. The summed E-state index contributed by atoms with van der Waals surface area (Å²) in [5.74, 6) is 0. The van der Waals surface area contributed by atoms with E-state index in [0.717, 1.165) is 11.4 Å². The van der Waals surface area contributed by atoms with E-state index in [2.05, 4.69) is 248 Å². The number of nitrogens with zero attached hydrogens (tertiary/aromatic N) is 1. The predicted molar refractivity (Wildman–Crippen MR) is 268 cm³/mol. The van der Waals surface area contributed by atoms with Gasteiger partial charge in [-0.05, 0) is 84.2 Å². The molecule has 0 bridgehead atoms. The number of hydrogen-bond acceptors (Lipinski definition) is 1. The van der Waals surface area contributed by atoms with Gasteiger partial charge in [-0.2, -0.15) is 0 Å². The third-order valence-corrected chi connectivity index (χ3v) is 12.9. The van der Waals surface area contributed by atoms with Crippen LogP contribution >= 0.6 is 0 Å². The normalized spacial score (nSPS) is 11.5. The molecule has 0 unspecified atom stereocenters. The Morgan fingerprint density at radius 1 is 0.258 bits per heavy atom. The summed E-state index contributed by atoms with van der Waals surface area (Å²) in [6.45, 7) is -0.00329. The van der Waals surface area contributed by atoms with E-state index in [9.17, 15) is 0 Å². The zero-order valence-electron chi connectivity index (χ0n) is 34.1. The van der Waals surface area contributed by atoms with E-state index in [1.165, 1.54) is 98.2 Å². The van der Waals surface area contributed by atoms with E-state index in [4.69, 9.17) is 0 Å². The second kappa shape index (κ2) is 15.0. The van der Waals surface area contributed by atoms with Gasteiger partial charge in [0.15, 0.2) is 0 Å². The van der Waals surface area contributed by atoms with Crippen LogP contribution in [0.5, 0.6) is 0 Å². The average Bonchev–Trinajstić information content (AvgIpc) is 3.35. The number of para-hydroxylation sites is 1. The number of fused-ring (bicyclic) bond motifs is 4. The minimum Gasteiger partial charge on any atom is -0.309 e. The fourth-order valence-corrected chi connectivity index (χ4v) is 10.1. The van der Waals surface area contributed by atoms with Gasteiger partial charge in [0.2, 0.25) is 6.71 Å². The molecule has 288 valence electrons. The predicted octanol–water partition coefficient (Wildman–Crippen LogP) is 14.2. The van der Waals surface area contributed by atoms with Gasteiger partial charge in [0.05, 0.1) is 11.4 Å². The van der Waals surface area contributed by atoms with Gasteiger partial charge in [-0.3, -0.25) is 0 Å². The maximum atomic E-state index is 2.48. The van der Waals surface area contributed by atoms with Crippen molar-refractivity contribution in [2.75, 3.05) is 4.90 Å². The summed E-state index contributed by atoms with van der Waals surface area (Å²) in [6, 6.07) is 89.4. The van der Waals surface area contributed by atoms with E-state index in [1.54, 1.807) is 0 Å². The van der Waals surface area contributed by atoms with Crippen LogP contribution in [0.15, 0.2) is 243 Å². The Kier molecular flexibility index (Phi) is 8.68. The van der Waals surface area contributed by atoms with Crippen LogP contribution in [0, 0.1) is 0 Å². The first-order valence-corrected chi connectivity index (χ1v) is 21.5. The molecule has 0 aliphatic heterocycles. The number of anilines is 3. The number of rotatable bonds is 8. The highest BCUT2D eigenvalue weighted by Gasteiger charge is 2.28. The molecule has 0 radical (unpaired) electrons. The first-order chi connectivity index (χ1) is 30.8. The average molecular weight is 786 g/mol. The highest BCUT2D eigenvalue weighted by molar-refractivity contribution is 6.97. The van der Waals surface area contributed by atoms with E-state index in [-0.39, 0.29) is 6.71 Å². The lowest BCUT2D eigenvalue weighted by atomic mass is 9.36. The molecule has 0 amide bonds. The van der Waals surface area contributed by atoms with Crippen LogP contribution in [0.3, 0.4) is 0 Å². The largest absolute Gasteiger partial charge is 0.309 e. The van der Waals surface area contributed by atoms with E-state index in [1.807, 2.05) is 0 Å². The molecule has 0 heterocycles. The molecule has 1 nitrogen and oxygen atoms in total. The Labute approximate surface area is 362 Å².